The van der Waals surface area contributed by atoms with Gasteiger partial charge in [-0.3, -0.25) is 4.79 Å². The number of guanidine groups is 1. The van der Waals surface area contributed by atoms with E-state index in [1.807, 2.05) is 0 Å². The highest BCUT2D eigenvalue weighted by Crippen LogP contribution is 2.26. The average molecular weight is 478 g/mol. The quantitative estimate of drug-likeness (QED) is 0.375. The van der Waals surface area contributed by atoms with Crippen molar-refractivity contribution in [1.29, 1.82) is 0 Å². The van der Waals surface area contributed by atoms with Crippen LogP contribution >= 0.6 is 35.3 Å². The summed E-state index contributed by atoms with van der Waals surface area (Å²) in [6.07, 6.45) is 4.89. The van der Waals surface area contributed by atoms with E-state index < -0.39 is 0 Å². The normalized spacial score (nSPS) is 15.6. The summed E-state index contributed by atoms with van der Waals surface area (Å²) in [5, 5.41) is 9.05. The lowest BCUT2D eigenvalue weighted by Gasteiger charge is -2.26. The van der Waals surface area contributed by atoms with Crippen LogP contribution in [0.25, 0.3) is 0 Å². The number of likely N-dealkylation sites (N-methyl/N-ethyl adjacent to an activating group) is 1. The second kappa shape index (κ2) is 10.4. The summed E-state index contributed by atoms with van der Waals surface area (Å²) in [5.41, 5.74) is 0.0256. The molecule has 5 nitrogen and oxygen atoms in total. The van der Waals surface area contributed by atoms with Gasteiger partial charge in [0, 0.05) is 37.0 Å². The van der Waals surface area contributed by atoms with Crippen molar-refractivity contribution in [3.05, 3.63) is 22.4 Å². The zero-order chi connectivity index (χ0) is 17.6. The third kappa shape index (κ3) is 7.13. The largest absolute Gasteiger partial charge is 0.355 e. The highest BCUT2D eigenvalue weighted by molar-refractivity contribution is 14.0. The number of halogens is 1. The predicted octanol–water partition coefficient (Wildman–Crippen LogP) is 3.21. The topological polar surface area (TPSA) is 56.7 Å². The van der Waals surface area contributed by atoms with Gasteiger partial charge in [0.25, 0.3) is 0 Å². The second-order valence-electron chi connectivity index (χ2n) is 7.29. The summed E-state index contributed by atoms with van der Waals surface area (Å²) in [6.45, 7) is 5.41. The van der Waals surface area contributed by atoms with E-state index in [1.54, 1.807) is 30.3 Å². The second-order valence-corrected chi connectivity index (χ2v) is 8.24. The highest BCUT2D eigenvalue weighted by atomic mass is 127. The van der Waals surface area contributed by atoms with Gasteiger partial charge in [-0.1, -0.05) is 32.8 Å². The first kappa shape index (κ1) is 22.2. The molecule has 1 amide bonds. The standard InChI is InChI=1S/C18H30N4OS.HI/c1-18(2,15-10-7-11-24-15)13-20-17(19-12-16(23)22(3)4)21-14-8-5-6-9-14;/h7,10-11,14H,5-6,8-9,12-13H2,1-4H3,(H2,19,20,21);1H. The Bertz CT molecular complexity index is 551. The molecule has 142 valence electrons. The van der Waals surface area contributed by atoms with Crippen molar-refractivity contribution in [3.63, 3.8) is 0 Å². The van der Waals surface area contributed by atoms with Crippen LogP contribution in [0.3, 0.4) is 0 Å². The molecule has 1 aromatic rings. The molecule has 0 bridgehead atoms. The summed E-state index contributed by atoms with van der Waals surface area (Å²) in [5.74, 6) is 0.766. The maximum atomic E-state index is 11.8. The molecule has 0 spiro atoms. The van der Waals surface area contributed by atoms with Crippen LogP contribution in [0.4, 0.5) is 0 Å². The minimum atomic E-state index is 0. The highest BCUT2D eigenvalue weighted by Gasteiger charge is 2.23. The number of hydrogen-bond acceptors (Lipinski definition) is 3. The van der Waals surface area contributed by atoms with Crippen molar-refractivity contribution in [2.24, 2.45) is 4.99 Å². The number of rotatable bonds is 6. The summed E-state index contributed by atoms with van der Waals surface area (Å²) < 4.78 is 0. The van der Waals surface area contributed by atoms with Crippen molar-refractivity contribution < 1.29 is 4.79 Å². The molecule has 1 aromatic heterocycles. The molecule has 0 unspecified atom stereocenters. The average Bonchev–Trinajstić information content (AvgIpc) is 3.22. The van der Waals surface area contributed by atoms with Crippen LogP contribution in [0.1, 0.15) is 44.4 Å². The zero-order valence-electron chi connectivity index (χ0n) is 15.7. The predicted molar refractivity (Wildman–Crippen MR) is 117 cm³/mol. The van der Waals surface area contributed by atoms with E-state index in [-0.39, 0.29) is 41.8 Å². The Kier molecular flexibility index (Phi) is 9.20. The van der Waals surface area contributed by atoms with Crippen molar-refractivity contribution >= 4 is 47.2 Å². The van der Waals surface area contributed by atoms with Crippen molar-refractivity contribution in [1.82, 2.24) is 15.5 Å². The Labute approximate surface area is 172 Å². The molecular weight excluding hydrogens is 447 g/mol. The van der Waals surface area contributed by atoms with Gasteiger partial charge in [0.15, 0.2) is 5.96 Å². The maximum absolute atomic E-state index is 11.8. The molecule has 25 heavy (non-hydrogen) atoms. The number of carbonyl (C=O) groups is 1. The molecule has 0 atom stereocenters. The molecule has 1 saturated carbocycles. The molecule has 1 fully saturated rings. The van der Waals surface area contributed by atoms with Crippen molar-refractivity contribution in [2.45, 2.75) is 51.0 Å². The van der Waals surface area contributed by atoms with Gasteiger partial charge in [-0.15, -0.1) is 35.3 Å². The Morgan fingerprint density at radius 1 is 1.36 bits per heavy atom. The number of thiophene rings is 1. The van der Waals surface area contributed by atoms with Crippen LogP contribution in [0.2, 0.25) is 0 Å². The number of carbonyl (C=O) groups excluding carboxylic acids is 1. The molecule has 2 N–H and O–H groups in total. The Balaban J connectivity index is 0.00000312. The number of hydrogen-bond donors (Lipinski definition) is 2. The maximum Gasteiger partial charge on any atom is 0.243 e. The van der Waals surface area contributed by atoms with Gasteiger partial charge >= 0.3 is 0 Å². The molecule has 2 rings (SSSR count). The zero-order valence-corrected chi connectivity index (χ0v) is 18.8. The summed E-state index contributed by atoms with van der Waals surface area (Å²) >= 11 is 1.78. The number of nitrogens with zero attached hydrogens (tertiary/aromatic N) is 2. The van der Waals surface area contributed by atoms with Gasteiger partial charge in [-0.05, 0) is 24.3 Å². The Hall–Kier alpha value is -0.830. The van der Waals surface area contributed by atoms with Gasteiger partial charge in [-0.25, -0.2) is 4.99 Å². The fourth-order valence-electron chi connectivity index (χ4n) is 2.76. The van der Waals surface area contributed by atoms with E-state index in [4.69, 9.17) is 0 Å². The van der Waals surface area contributed by atoms with E-state index in [1.165, 1.54) is 30.6 Å². The first-order valence-corrected chi connectivity index (χ1v) is 9.55. The number of nitrogens with one attached hydrogen (secondary N) is 2. The smallest absolute Gasteiger partial charge is 0.243 e. The van der Waals surface area contributed by atoms with E-state index in [9.17, 15) is 4.79 Å². The Morgan fingerprint density at radius 2 is 2.04 bits per heavy atom. The molecule has 7 heteroatoms. The Morgan fingerprint density at radius 3 is 2.60 bits per heavy atom. The molecule has 0 aliphatic heterocycles. The van der Waals surface area contributed by atoms with E-state index in [0.29, 0.717) is 6.04 Å². The lowest BCUT2D eigenvalue weighted by molar-refractivity contribution is -0.127. The van der Waals surface area contributed by atoms with Gasteiger partial charge < -0.3 is 15.5 Å². The fraction of sp³-hybridized carbons (Fsp3) is 0.667. The molecular formula is C18H31IN4OS. The molecule has 1 aliphatic rings. The van der Waals surface area contributed by atoms with Crippen LogP contribution in [0.15, 0.2) is 22.5 Å². The molecule has 0 aromatic carbocycles. The van der Waals surface area contributed by atoms with Crippen LogP contribution in [-0.2, 0) is 10.2 Å². The summed E-state index contributed by atoms with van der Waals surface area (Å²) in [7, 11) is 3.52. The third-order valence-electron chi connectivity index (χ3n) is 4.45. The molecule has 1 heterocycles. The van der Waals surface area contributed by atoms with Gasteiger partial charge in [0.2, 0.25) is 5.91 Å². The van der Waals surface area contributed by atoms with Crippen molar-refractivity contribution in [3.8, 4) is 0 Å². The van der Waals surface area contributed by atoms with Gasteiger partial charge in [-0.2, -0.15) is 0 Å². The van der Waals surface area contributed by atoms with Crippen LogP contribution in [0.5, 0.6) is 0 Å². The van der Waals surface area contributed by atoms with Gasteiger partial charge in [0.1, 0.15) is 6.54 Å². The van der Waals surface area contributed by atoms with Crippen LogP contribution in [-0.4, -0.2) is 50.0 Å². The molecule has 0 radical (unpaired) electrons. The third-order valence-corrected chi connectivity index (χ3v) is 5.69. The van der Waals surface area contributed by atoms with E-state index in [0.717, 1.165) is 12.5 Å². The van der Waals surface area contributed by atoms with Crippen LogP contribution < -0.4 is 10.6 Å². The minimum absolute atomic E-state index is 0. The van der Waals surface area contributed by atoms with E-state index >= 15 is 0 Å². The van der Waals surface area contributed by atoms with Crippen LogP contribution in [0, 0.1) is 0 Å². The monoisotopic (exact) mass is 478 g/mol. The lowest BCUT2D eigenvalue weighted by atomic mass is 9.91. The first-order chi connectivity index (χ1) is 11.4. The molecule has 0 saturated heterocycles. The number of amides is 1. The lowest BCUT2D eigenvalue weighted by Crippen LogP contribution is -2.46. The SMILES string of the molecule is CN(C)C(=O)CN=C(NCC(C)(C)c1cccs1)NC1CCCC1.I. The summed E-state index contributed by atoms with van der Waals surface area (Å²) in [6, 6.07) is 4.72. The van der Waals surface area contributed by atoms with E-state index in [2.05, 4.69) is 47.0 Å². The first-order valence-electron chi connectivity index (χ1n) is 8.67. The van der Waals surface area contributed by atoms with Gasteiger partial charge in [0.05, 0.1) is 0 Å². The van der Waals surface area contributed by atoms with Crippen molar-refractivity contribution in [2.75, 3.05) is 27.2 Å². The fourth-order valence-corrected chi connectivity index (χ4v) is 3.61. The molecule has 1 aliphatic carbocycles. The minimum Gasteiger partial charge on any atom is -0.355 e. The summed E-state index contributed by atoms with van der Waals surface area (Å²) in [4.78, 5) is 19.3. The number of aliphatic imine (C=N–C) groups is 1.